The van der Waals surface area contributed by atoms with Crippen molar-refractivity contribution >= 4 is 45.9 Å². The lowest BCUT2D eigenvalue weighted by Crippen LogP contribution is -2.22. The molecule has 0 radical (unpaired) electrons. The van der Waals surface area contributed by atoms with Gasteiger partial charge in [0.2, 0.25) is 0 Å². The maximum atomic E-state index is 6.25. The number of nitrogens with zero attached hydrogens (tertiary/aromatic N) is 1. The van der Waals surface area contributed by atoms with E-state index in [2.05, 4.69) is 23.3 Å². The molecular formula is C13H14Cl2N2S. The molecule has 2 nitrogen and oxygen atoms in total. The summed E-state index contributed by atoms with van der Waals surface area (Å²) in [6, 6.07) is 7.62. The van der Waals surface area contributed by atoms with Crippen molar-refractivity contribution in [2.75, 3.05) is 17.2 Å². The number of benzene rings is 1. The molecule has 1 aromatic carbocycles. The summed E-state index contributed by atoms with van der Waals surface area (Å²) < 4.78 is 0. The normalized spacial score (nSPS) is 10.6. The highest BCUT2D eigenvalue weighted by molar-refractivity contribution is 7.09. The third-order valence-electron chi connectivity index (χ3n) is 2.66. The van der Waals surface area contributed by atoms with Gasteiger partial charge in [-0.1, -0.05) is 29.3 Å². The zero-order chi connectivity index (χ0) is 13.1. The fraction of sp³-hybridized carbons (Fsp3) is 0.231. The molecule has 2 rings (SSSR count). The van der Waals surface area contributed by atoms with Gasteiger partial charge in [0.05, 0.1) is 22.3 Å². The van der Waals surface area contributed by atoms with E-state index in [1.165, 1.54) is 4.88 Å². The van der Waals surface area contributed by atoms with Crippen LogP contribution in [0.4, 0.5) is 11.4 Å². The molecule has 2 aromatic rings. The molecule has 1 aromatic heterocycles. The van der Waals surface area contributed by atoms with Gasteiger partial charge in [-0.3, -0.25) is 0 Å². The minimum absolute atomic E-state index is 0.584. The molecular weight excluding hydrogens is 287 g/mol. The van der Waals surface area contributed by atoms with E-state index in [1.54, 1.807) is 23.5 Å². The number of nitrogen functional groups attached to an aromatic ring is 1. The van der Waals surface area contributed by atoms with Crippen molar-refractivity contribution in [3.63, 3.8) is 0 Å². The number of halogens is 2. The summed E-state index contributed by atoms with van der Waals surface area (Å²) in [7, 11) is 0. The van der Waals surface area contributed by atoms with E-state index < -0.39 is 0 Å². The van der Waals surface area contributed by atoms with Crippen LogP contribution in [0.25, 0.3) is 0 Å². The fourth-order valence-corrected chi connectivity index (χ4v) is 3.29. The van der Waals surface area contributed by atoms with Crippen molar-refractivity contribution in [3.8, 4) is 0 Å². The second kappa shape index (κ2) is 5.83. The molecule has 2 N–H and O–H groups in total. The van der Waals surface area contributed by atoms with Gasteiger partial charge < -0.3 is 10.6 Å². The minimum atomic E-state index is 0.584. The lowest BCUT2D eigenvalue weighted by atomic mass is 10.2. The fourth-order valence-electron chi connectivity index (χ4n) is 1.83. The summed E-state index contributed by atoms with van der Waals surface area (Å²) in [5.74, 6) is 0. The van der Waals surface area contributed by atoms with Crippen LogP contribution >= 0.6 is 34.5 Å². The van der Waals surface area contributed by atoms with E-state index in [0.717, 1.165) is 18.8 Å². The number of rotatable bonds is 4. The van der Waals surface area contributed by atoms with Crippen LogP contribution in [0.2, 0.25) is 10.0 Å². The Labute approximate surface area is 121 Å². The Morgan fingerprint density at radius 2 is 1.94 bits per heavy atom. The summed E-state index contributed by atoms with van der Waals surface area (Å²) in [6.07, 6.45) is 0. The number of thiophene rings is 1. The van der Waals surface area contributed by atoms with E-state index >= 15 is 0 Å². The molecule has 0 bridgehead atoms. The number of anilines is 2. The van der Waals surface area contributed by atoms with Crippen molar-refractivity contribution in [1.29, 1.82) is 0 Å². The number of hydrogen-bond donors (Lipinski definition) is 1. The second-order valence-electron chi connectivity index (χ2n) is 3.93. The molecule has 96 valence electrons. The highest BCUT2D eigenvalue weighted by Gasteiger charge is 2.14. The van der Waals surface area contributed by atoms with Crippen LogP contribution in [-0.4, -0.2) is 6.54 Å². The van der Waals surface area contributed by atoms with Crippen LogP contribution in [0, 0.1) is 0 Å². The van der Waals surface area contributed by atoms with Gasteiger partial charge in [-0.2, -0.15) is 0 Å². The Morgan fingerprint density at radius 1 is 1.28 bits per heavy atom. The van der Waals surface area contributed by atoms with Crippen LogP contribution in [0.5, 0.6) is 0 Å². The molecule has 5 heteroatoms. The molecule has 18 heavy (non-hydrogen) atoms. The molecule has 0 aliphatic heterocycles. The lowest BCUT2D eigenvalue weighted by Gasteiger charge is -2.25. The van der Waals surface area contributed by atoms with E-state index in [-0.39, 0.29) is 0 Å². The minimum Gasteiger partial charge on any atom is -0.399 e. The lowest BCUT2D eigenvalue weighted by molar-refractivity contribution is 0.843. The van der Waals surface area contributed by atoms with Gasteiger partial charge in [0, 0.05) is 17.1 Å². The van der Waals surface area contributed by atoms with Gasteiger partial charge in [-0.25, -0.2) is 0 Å². The number of hydrogen-bond acceptors (Lipinski definition) is 3. The van der Waals surface area contributed by atoms with E-state index in [9.17, 15) is 0 Å². The Kier molecular flexibility index (Phi) is 4.38. The van der Waals surface area contributed by atoms with E-state index in [0.29, 0.717) is 15.7 Å². The largest absolute Gasteiger partial charge is 0.399 e. The highest BCUT2D eigenvalue weighted by Crippen LogP contribution is 2.36. The van der Waals surface area contributed by atoms with Gasteiger partial charge >= 0.3 is 0 Å². The molecule has 0 saturated heterocycles. The molecule has 0 spiro atoms. The predicted octanol–water partition coefficient (Wildman–Crippen LogP) is 4.66. The van der Waals surface area contributed by atoms with Crippen molar-refractivity contribution in [3.05, 3.63) is 44.6 Å². The topological polar surface area (TPSA) is 29.3 Å². The third kappa shape index (κ3) is 2.91. The summed E-state index contributed by atoms with van der Waals surface area (Å²) in [5.41, 5.74) is 7.16. The highest BCUT2D eigenvalue weighted by atomic mass is 35.5. The second-order valence-corrected chi connectivity index (χ2v) is 5.77. The zero-order valence-electron chi connectivity index (χ0n) is 9.99. The van der Waals surface area contributed by atoms with E-state index in [1.807, 2.05) is 6.07 Å². The SMILES string of the molecule is CCN(Cc1cccs1)c1c(Cl)cc(N)cc1Cl. The molecule has 0 fully saturated rings. The van der Waals surface area contributed by atoms with Gasteiger partial charge in [0.15, 0.2) is 0 Å². The summed E-state index contributed by atoms with van der Waals surface area (Å²) in [4.78, 5) is 3.43. The standard InChI is InChI=1S/C13H14Cl2N2S/c1-2-17(8-10-4-3-5-18-10)13-11(14)6-9(16)7-12(13)15/h3-7H,2,8,16H2,1H3. The molecule has 0 amide bonds. The monoisotopic (exact) mass is 300 g/mol. The van der Waals surface area contributed by atoms with Crippen LogP contribution in [0.3, 0.4) is 0 Å². The molecule has 0 aliphatic rings. The molecule has 1 heterocycles. The Bertz CT molecular complexity index is 503. The van der Waals surface area contributed by atoms with Gasteiger partial charge in [0.1, 0.15) is 0 Å². The summed E-state index contributed by atoms with van der Waals surface area (Å²) >= 11 is 14.2. The maximum absolute atomic E-state index is 6.25. The molecule has 0 aliphatic carbocycles. The first-order chi connectivity index (χ1) is 8.61. The average molecular weight is 301 g/mol. The summed E-state index contributed by atoms with van der Waals surface area (Å²) in [6.45, 7) is 3.72. The molecule has 0 unspecified atom stereocenters. The Balaban J connectivity index is 2.33. The molecule has 0 atom stereocenters. The van der Waals surface area contributed by atoms with Crippen molar-refractivity contribution in [2.24, 2.45) is 0 Å². The van der Waals surface area contributed by atoms with Gasteiger partial charge in [-0.15, -0.1) is 11.3 Å². The first-order valence-corrected chi connectivity index (χ1v) is 7.27. The third-order valence-corrected chi connectivity index (χ3v) is 4.10. The first kappa shape index (κ1) is 13.5. The molecule has 0 saturated carbocycles. The number of nitrogens with two attached hydrogens (primary N) is 1. The van der Waals surface area contributed by atoms with Crippen LogP contribution in [-0.2, 0) is 6.54 Å². The smallest absolute Gasteiger partial charge is 0.0749 e. The average Bonchev–Trinajstić information content (AvgIpc) is 2.79. The van der Waals surface area contributed by atoms with Gasteiger partial charge in [0.25, 0.3) is 0 Å². The van der Waals surface area contributed by atoms with Crippen molar-refractivity contribution in [2.45, 2.75) is 13.5 Å². The van der Waals surface area contributed by atoms with Crippen LogP contribution in [0.1, 0.15) is 11.8 Å². The van der Waals surface area contributed by atoms with Crippen LogP contribution < -0.4 is 10.6 Å². The Hall–Kier alpha value is -0.900. The van der Waals surface area contributed by atoms with Crippen molar-refractivity contribution < 1.29 is 0 Å². The quantitative estimate of drug-likeness (QED) is 0.832. The van der Waals surface area contributed by atoms with E-state index in [4.69, 9.17) is 28.9 Å². The zero-order valence-corrected chi connectivity index (χ0v) is 12.3. The van der Waals surface area contributed by atoms with Crippen LogP contribution in [0.15, 0.2) is 29.6 Å². The summed E-state index contributed by atoms with van der Waals surface area (Å²) in [5, 5.41) is 3.26. The van der Waals surface area contributed by atoms with Crippen molar-refractivity contribution in [1.82, 2.24) is 0 Å². The first-order valence-electron chi connectivity index (χ1n) is 5.63. The maximum Gasteiger partial charge on any atom is 0.0749 e. The predicted molar refractivity (Wildman–Crippen MR) is 81.9 cm³/mol. The Morgan fingerprint density at radius 3 is 2.44 bits per heavy atom. The van der Waals surface area contributed by atoms with Gasteiger partial charge in [-0.05, 0) is 30.5 Å².